The molecule has 0 bridgehead atoms. The number of alkyl halides is 1. The van der Waals surface area contributed by atoms with Gasteiger partial charge >= 0.3 is 17.9 Å². The molecule has 0 spiro atoms. The maximum atomic E-state index is 12.8. The van der Waals surface area contributed by atoms with Crippen LogP contribution in [0, 0.1) is 0 Å². The molecule has 4 rings (SSSR count). The fourth-order valence-corrected chi connectivity index (χ4v) is 4.11. The van der Waals surface area contributed by atoms with Crippen molar-refractivity contribution in [1.82, 2.24) is 0 Å². The molecular weight excluding hydrogens is 504 g/mol. The summed E-state index contributed by atoms with van der Waals surface area (Å²) in [7, 11) is 0. The smallest absolute Gasteiger partial charge is 0.338 e. The molecule has 1 aliphatic heterocycles. The second-order valence-corrected chi connectivity index (χ2v) is 8.36. The van der Waals surface area contributed by atoms with Crippen LogP contribution in [0.1, 0.15) is 31.1 Å². The summed E-state index contributed by atoms with van der Waals surface area (Å²) in [6.45, 7) is -0.206. The fraction of sp³-hybridized carbons (Fsp3) is 0.192. The van der Waals surface area contributed by atoms with Gasteiger partial charge in [-0.25, -0.2) is 14.4 Å². The molecule has 4 atom stereocenters. The van der Waals surface area contributed by atoms with E-state index in [2.05, 4.69) is 15.9 Å². The van der Waals surface area contributed by atoms with Crippen LogP contribution in [0.15, 0.2) is 91.0 Å². The number of esters is 3. The van der Waals surface area contributed by atoms with Gasteiger partial charge in [-0.15, -0.1) is 0 Å². The van der Waals surface area contributed by atoms with Gasteiger partial charge in [0.2, 0.25) is 0 Å². The largest absolute Gasteiger partial charge is 0.459 e. The number of carbonyl (C=O) groups excluding carboxylic acids is 3. The van der Waals surface area contributed by atoms with E-state index < -0.39 is 41.2 Å². The topological polar surface area (TPSA) is 88.1 Å². The van der Waals surface area contributed by atoms with Crippen molar-refractivity contribution in [2.75, 3.05) is 6.61 Å². The standard InChI is InChI=1S/C26H21BrO7/c27-23-22(34-26(30)19-14-8-3-9-15-19)21(33-25(29)18-12-6-2-7-13-18)20(32-23)16-31-24(28)17-10-4-1-5-11-17/h1-15,20-23H,16H2/t20-,21-,22-,23+/m1/s1. The Bertz CT molecular complexity index is 1120. The maximum absolute atomic E-state index is 12.8. The Kier molecular flexibility index (Phi) is 7.72. The first kappa shape index (κ1) is 23.7. The van der Waals surface area contributed by atoms with Crippen LogP contribution in [0.2, 0.25) is 0 Å². The van der Waals surface area contributed by atoms with Gasteiger partial charge in [-0.2, -0.15) is 0 Å². The predicted molar refractivity (Wildman–Crippen MR) is 126 cm³/mol. The molecular formula is C26H21BrO7. The average Bonchev–Trinajstić information content (AvgIpc) is 3.17. The molecule has 1 saturated heterocycles. The number of hydrogen-bond acceptors (Lipinski definition) is 7. The maximum Gasteiger partial charge on any atom is 0.338 e. The first-order valence-corrected chi connectivity index (χ1v) is 11.5. The van der Waals surface area contributed by atoms with Gasteiger partial charge in [-0.1, -0.05) is 70.5 Å². The van der Waals surface area contributed by atoms with Crippen molar-refractivity contribution in [2.45, 2.75) is 23.3 Å². The summed E-state index contributed by atoms with van der Waals surface area (Å²) in [5, 5.41) is -0.783. The first-order chi connectivity index (χ1) is 16.5. The number of benzene rings is 3. The zero-order valence-corrected chi connectivity index (χ0v) is 19.5. The first-order valence-electron chi connectivity index (χ1n) is 10.6. The minimum Gasteiger partial charge on any atom is -0.459 e. The number of hydrogen-bond donors (Lipinski definition) is 0. The number of halogens is 1. The second-order valence-electron chi connectivity index (χ2n) is 7.46. The zero-order valence-electron chi connectivity index (χ0n) is 17.9. The molecule has 8 heteroatoms. The van der Waals surface area contributed by atoms with Crippen molar-refractivity contribution < 1.29 is 33.3 Å². The Hall–Kier alpha value is -3.49. The van der Waals surface area contributed by atoms with Crippen molar-refractivity contribution in [1.29, 1.82) is 0 Å². The third kappa shape index (κ3) is 5.70. The van der Waals surface area contributed by atoms with E-state index >= 15 is 0 Å². The van der Waals surface area contributed by atoms with Crippen molar-refractivity contribution in [3.63, 3.8) is 0 Å². The zero-order chi connectivity index (χ0) is 23.9. The molecule has 0 amide bonds. The summed E-state index contributed by atoms with van der Waals surface area (Å²) in [5.74, 6) is -1.76. The van der Waals surface area contributed by atoms with Crippen LogP contribution in [0.5, 0.6) is 0 Å². The van der Waals surface area contributed by atoms with Gasteiger partial charge < -0.3 is 18.9 Å². The van der Waals surface area contributed by atoms with Crippen LogP contribution < -0.4 is 0 Å². The van der Waals surface area contributed by atoms with Crippen LogP contribution in [0.3, 0.4) is 0 Å². The van der Waals surface area contributed by atoms with E-state index in [4.69, 9.17) is 18.9 Å². The van der Waals surface area contributed by atoms with E-state index in [0.717, 1.165) is 0 Å². The van der Waals surface area contributed by atoms with Gasteiger partial charge in [-0.05, 0) is 36.4 Å². The molecule has 174 valence electrons. The third-order valence-corrected chi connectivity index (χ3v) is 5.88. The van der Waals surface area contributed by atoms with E-state index in [1.165, 1.54) is 0 Å². The van der Waals surface area contributed by atoms with Crippen LogP contribution in [0.4, 0.5) is 0 Å². The molecule has 0 N–H and O–H groups in total. The van der Waals surface area contributed by atoms with Gasteiger partial charge in [0, 0.05) is 0 Å². The molecule has 0 radical (unpaired) electrons. The lowest BCUT2D eigenvalue weighted by Crippen LogP contribution is -2.41. The lowest BCUT2D eigenvalue weighted by atomic mass is 10.1. The average molecular weight is 525 g/mol. The lowest BCUT2D eigenvalue weighted by molar-refractivity contribution is -0.0435. The quantitative estimate of drug-likeness (QED) is 0.257. The molecule has 1 fully saturated rings. The van der Waals surface area contributed by atoms with Crippen LogP contribution >= 0.6 is 15.9 Å². The van der Waals surface area contributed by atoms with Crippen LogP contribution in [-0.4, -0.2) is 47.8 Å². The predicted octanol–water partition coefficient (Wildman–Crippen LogP) is 4.41. The van der Waals surface area contributed by atoms with Gasteiger partial charge in [0.05, 0.1) is 16.7 Å². The molecule has 1 aliphatic rings. The summed E-state index contributed by atoms with van der Waals surface area (Å²) in [6.07, 6.45) is -2.85. The summed E-state index contributed by atoms with van der Waals surface area (Å²) in [6, 6.07) is 25.4. The van der Waals surface area contributed by atoms with Gasteiger partial charge in [-0.3, -0.25) is 0 Å². The second kappa shape index (κ2) is 11.1. The molecule has 3 aromatic rings. The SMILES string of the molecule is O=C(OC[C@H]1O[C@H](Br)[C@H](OC(=O)c2ccccc2)[C@@H]1OC(=O)c1ccccc1)c1ccccc1. The Morgan fingerprint density at radius 2 is 1.06 bits per heavy atom. The number of ether oxygens (including phenoxy) is 4. The fourth-order valence-electron chi connectivity index (χ4n) is 3.43. The molecule has 7 nitrogen and oxygen atoms in total. The molecule has 0 saturated carbocycles. The van der Waals surface area contributed by atoms with Gasteiger partial charge in [0.25, 0.3) is 0 Å². The molecule has 34 heavy (non-hydrogen) atoms. The highest BCUT2D eigenvalue weighted by molar-refractivity contribution is 9.09. The monoisotopic (exact) mass is 524 g/mol. The van der Waals surface area contributed by atoms with E-state index in [-0.39, 0.29) is 6.61 Å². The Labute approximate surface area is 204 Å². The van der Waals surface area contributed by atoms with Crippen molar-refractivity contribution in [3.05, 3.63) is 108 Å². The van der Waals surface area contributed by atoms with Gasteiger partial charge in [0.1, 0.15) is 12.7 Å². The molecule has 0 aliphatic carbocycles. The molecule has 0 unspecified atom stereocenters. The normalized spacial score (nSPS) is 21.4. The van der Waals surface area contributed by atoms with Crippen LogP contribution in [0.25, 0.3) is 0 Å². The van der Waals surface area contributed by atoms with Crippen molar-refractivity contribution in [2.24, 2.45) is 0 Å². The van der Waals surface area contributed by atoms with E-state index in [0.29, 0.717) is 16.7 Å². The molecule has 1 heterocycles. The lowest BCUT2D eigenvalue weighted by Gasteiger charge is -2.23. The minimum absolute atomic E-state index is 0.206. The highest BCUT2D eigenvalue weighted by Crippen LogP contribution is 2.32. The molecule has 3 aromatic carbocycles. The Morgan fingerprint density at radius 1 is 0.647 bits per heavy atom. The Balaban J connectivity index is 1.51. The highest BCUT2D eigenvalue weighted by Gasteiger charge is 2.49. The minimum atomic E-state index is -1.02. The number of carbonyl (C=O) groups is 3. The van der Waals surface area contributed by atoms with Crippen molar-refractivity contribution >= 4 is 33.8 Å². The summed E-state index contributed by atoms with van der Waals surface area (Å²) >= 11 is 3.35. The number of rotatable bonds is 7. The van der Waals surface area contributed by atoms with E-state index in [9.17, 15) is 14.4 Å². The van der Waals surface area contributed by atoms with Crippen LogP contribution in [-0.2, 0) is 18.9 Å². The molecule has 0 aromatic heterocycles. The van der Waals surface area contributed by atoms with Crippen molar-refractivity contribution in [3.8, 4) is 0 Å². The highest BCUT2D eigenvalue weighted by atomic mass is 79.9. The summed E-state index contributed by atoms with van der Waals surface area (Å²) < 4.78 is 22.6. The third-order valence-electron chi connectivity index (χ3n) is 5.15. The Morgan fingerprint density at radius 3 is 1.53 bits per heavy atom. The van der Waals surface area contributed by atoms with E-state index in [1.54, 1.807) is 91.0 Å². The summed E-state index contributed by atoms with van der Waals surface area (Å²) in [4.78, 5) is 37.8. The summed E-state index contributed by atoms with van der Waals surface area (Å²) in [5.41, 5.74) is 1.05. The van der Waals surface area contributed by atoms with Gasteiger partial charge in [0.15, 0.2) is 17.2 Å². The van der Waals surface area contributed by atoms with E-state index in [1.807, 2.05) is 0 Å².